The molecule has 1 unspecified atom stereocenters. The zero-order valence-electron chi connectivity index (χ0n) is 15.2. The summed E-state index contributed by atoms with van der Waals surface area (Å²) < 4.78 is 0. The van der Waals surface area contributed by atoms with Gasteiger partial charge in [0, 0.05) is 12.1 Å². The minimum absolute atomic E-state index is 0.113. The van der Waals surface area contributed by atoms with E-state index in [1.165, 1.54) is 0 Å². The van der Waals surface area contributed by atoms with E-state index in [2.05, 4.69) is 25.8 Å². The van der Waals surface area contributed by atoms with Gasteiger partial charge in [-0.25, -0.2) is 4.98 Å². The molecule has 0 saturated carbocycles. The molecule has 7 heteroatoms. The second-order valence-corrected chi connectivity index (χ2v) is 7.06. The van der Waals surface area contributed by atoms with E-state index in [1.807, 2.05) is 6.92 Å². The molecule has 1 atom stereocenters. The quantitative estimate of drug-likeness (QED) is 0.568. The van der Waals surface area contributed by atoms with Crippen molar-refractivity contribution in [3.05, 3.63) is 41.6 Å². The van der Waals surface area contributed by atoms with Crippen LogP contribution in [0.4, 0.5) is 0 Å². The first kappa shape index (κ1) is 17.5. The molecule has 1 fully saturated rings. The summed E-state index contributed by atoms with van der Waals surface area (Å²) in [5.41, 5.74) is 3.39. The fourth-order valence-electron chi connectivity index (χ4n) is 3.57. The van der Waals surface area contributed by atoms with E-state index in [4.69, 9.17) is 0 Å². The molecule has 1 saturated heterocycles. The lowest BCUT2D eigenvalue weighted by molar-refractivity contribution is 0.0946. The van der Waals surface area contributed by atoms with E-state index < -0.39 is 0 Å². The summed E-state index contributed by atoms with van der Waals surface area (Å²) in [4.78, 5) is 17.5. The highest BCUT2D eigenvalue weighted by Crippen LogP contribution is 2.27. The number of nitrogens with zero attached hydrogens (tertiary/aromatic N) is 2. The van der Waals surface area contributed by atoms with Gasteiger partial charge in [-0.1, -0.05) is 0 Å². The number of aromatic hydroxyl groups is 1. The van der Waals surface area contributed by atoms with E-state index in [-0.39, 0.29) is 11.7 Å². The number of piperidine rings is 1. The number of benzene rings is 1. The average Bonchev–Trinajstić information content (AvgIpc) is 3.08. The normalized spacial score (nSPS) is 17.1. The third-order valence-corrected chi connectivity index (χ3v) is 5.07. The summed E-state index contributed by atoms with van der Waals surface area (Å²) in [7, 11) is 0. The molecule has 3 heterocycles. The molecule has 4 rings (SSSR count). The number of hydrogen-bond acceptors (Lipinski definition) is 5. The number of amides is 1. The van der Waals surface area contributed by atoms with Crippen molar-refractivity contribution in [2.75, 3.05) is 19.6 Å². The van der Waals surface area contributed by atoms with E-state index >= 15 is 0 Å². The Balaban J connectivity index is 1.66. The molecular formula is C20H23N5O2. The molecule has 140 valence electrons. The number of aryl methyl sites for hydroxylation is 1. The van der Waals surface area contributed by atoms with Gasteiger partial charge in [0.1, 0.15) is 5.75 Å². The van der Waals surface area contributed by atoms with Crippen LogP contribution >= 0.6 is 0 Å². The fraction of sp³-hybridized carbons (Fsp3) is 0.350. The van der Waals surface area contributed by atoms with Gasteiger partial charge in [0.25, 0.3) is 5.91 Å². The molecule has 0 spiro atoms. The van der Waals surface area contributed by atoms with Crippen molar-refractivity contribution >= 4 is 16.9 Å². The summed E-state index contributed by atoms with van der Waals surface area (Å²) in [5, 5.41) is 23.8. The number of fused-ring (bicyclic) bond motifs is 1. The van der Waals surface area contributed by atoms with Crippen LogP contribution in [0.1, 0.15) is 28.9 Å². The molecule has 27 heavy (non-hydrogen) atoms. The molecule has 4 N–H and O–H groups in total. The van der Waals surface area contributed by atoms with Crippen LogP contribution in [-0.2, 0) is 0 Å². The maximum absolute atomic E-state index is 12.9. The maximum atomic E-state index is 12.9. The molecule has 0 radical (unpaired) electrons. The number of H-pyrrole nitrogens is 1. The number of pyridine rings is 1. The van der Waals surface area contributed by atoms with Crippen molar-refractivity contribution in [3.63, 3.8) is 0 Å². The lowest BCUT2D eigenvalue weighted by Gasteiger charge is -2.23. The Bertz CT molecular complexity index is 958. The van der Waals surface area contributed by atoms with E-state index in [1.54, 1.807) is 30.3 Å². The minimum atomic E-state index is -0.113. The van der Waals surface area contributed by atoms with Crippen LogP contribution in [0.25, 0.3) is 22.3 Å². The van der Waals surface area contributed by atoms with E-state index in [0.29, 0.717) is 29.4 Å². The number of phenols is 1. The predicted octanol–water partition coefficient (Wildman–Crippen LogP) is 2.37. The van der Waals surface area contributed by atoms with E-state index in [0.717, 1.165) is 42.6 Å². The molecule has 0 aliphatic carbocycles. The Morgan fingerprint density at radius 2 is 2.15 bits per heavy atom. The molecule has 1 aliphatic heterocycles. The fourth-order valence-corrected chi connectivity index (χ4v) is 3.57. The lowest BCUT2D eigenvalue weighted by Crippen LogP contribution is -2.38. The molecule has 1 aromatic carbocycles. The first-order valence-corrected chi connectivity index (χ1v) is 9.26. The highest BCUT2D eigenvalue weighted by atomic mass is 16.3. The van der Waals surface area contributed by atoms with Crippen LogP contribution in [0.2, 0.25) is 0 Å². The zero-order chi connectivity index (χ0) is 18.8. The Kier molecular flexibility index (Phi) is 4.77. The van der Waals surface area contributed by atoms with Gasteiger partial charge in [0.05, 0.1) is 22.3 Å². The predicted molar refractivity (Wildman–Crippen MR) is 104 cm³/mol. The second kappa shape index (κ2) is 7.36. The van der Waals surface area contributed by atoms with Gasteiger partial charge >= 0.3 is 0 Å². The maximum Gasteiger partial charge on any atom is 0.252 e. The number of carbonyl (C=O) groups is 1. The SMILES string of the molecule is Cc1n[nH]c2nc(-c3ccc(O)cc3)cc(C(=O)NCC3CCCNC3)c12. The van der Waals surface area contributed by atoms with Crippen LogP contribution in [-0.4, -0.2) is 45.8 Å². The first-order chi connectivity index (χ1) is 13.1. The highest BCUT2D eigenvalue weighted by molar-refractivity contribution is 6.07. The summed E-state index contributed by atoms with van der Waals surface area (Å²) in [6.07, 6.45) is 2.27. The number of carbonyl (C=O) groups excluding carboxylic acids is 1. The van der Waals surface area contributed by atoms with Gasteiger partial charge in [-0.15, -0.1) is 0 Å². The van der Waals surface area contributed by atoms with Crippen LogP contribution in [0.15, 0.2) is 30.3 Å². The summed E-state index contributed by atoms with van der Waals surface area (Å²) in [6.45, 7) is 4.51. The number of rotatable bonds is 4. The van der Waals surface area contributed by atoms with Crippen LogP contribution in [0.5, 0.6) is 5.75 Å². The average molecular weight is 365 g/mol. The number of aromatic amines is 1. The minimum Gasteiger partial charge on any atom is -0.508 e. The van der Waals surface area contributed by atoms with Crippen molar-refractivity contribution in [1.29, 1.82) is 0 Å². The lowest BCUT2D eigenvalue weighted by atomic mass is 9.99. The Labute approximate surface area is 157 Å². The smallest absolute Gasteiger partial charge is 0.252 e. The van der Waals surface area contributed by atoms with Crippen molar-refractivity contribution in [2.45, 2.75) is 19.8 Å². The van der Waals surface area contributed by atoms with Gasteiger partial charge in [-0.3, -0.25) is 9.89 Å². The van der Waals surface area contributed by atoms with Crippen molar-refractivity contribution in [1.82, 2.24) is 25.8 Å². The Hall–Kier alpha value is -2.93. The van der Waals surface area contributed by atoms with Crippen LogP contribution in [0.3, 0.4) is 0 Å². The molecule has 2 aromatic heterocycles. The molecule has 1 amide bonds. The number of nitrogens with one attached hydrogen (secondary N) is 3. The topological polar surface area (TPSA) is 103 Å². The second-order valence-electron chi connectivity index (χ2n) is 7.06. The van der Waals surface area contributed by atoms with Crippen LogP contribution in [0, 0.1) is 12.8 Å². The van der Waals surface area contributed by atoms with Gasteiger partial charge in [0.15, 0.2) is 5.65 Å². The molecule has 3 aromatic rings. The zero-order valence-corrected chi connectivity index (χ0v) is 15.2. The number of aromatic nitrogens is 3. The van der Waals surface area contributed by atoms with Crippen molar-refractivity contribution in [2.24, 2.45) is 5.92 Å². The standard InChI is InChI=1S/C20H23N5O2/c1-12-18-16(20(27)22-11-13-3-2-8-21-10-13)9-17(23-19(18)25-24-12)14-4-6-15(26)7-5-14/h4-7,9,13,21,26H,2-3,8,10-11H2,1H3,(H,22,27)(H,23,24,25). The Morgan fingerprint density at radius 1 is 1.33 bits per heavy atom. The first-order valence-electron chi connectivity index (χ1n) is 9.26. The summed E-state index contributed by atoms with van der Waals surface area (Å²) in [5.74, 6) is 0.538. The van der Waals surface area contributed by atoms with Gasteiger partial charge in [0.2, 0.25) is 0 Å². The van der Waals surface area contributed by atoms with Gasteiger partial charge in [-0.2, -0.15) is 5.10 Å². The number of hydrogen-bond donors (Lipinski definition) is 4. The highest BCUT2D eigenvalue weighted by Gasteiger charge is 2.19. The summed E-state index contributed by atoms with van der Waals surface area (Å²) in [6, 6.07) is 8.57. The third kappa shape index (κ3) is 3.64. The van der Waals surface area contributed by atoms with E-state index in [9.17, 15) is 9.90 Å². The van der Waals surface area contributed by atoms with Crippen molar-refractivity contribution < 1.29 is 9.90 Å². The summed E-state index contributed by atoms with van der Waals surface area (Å²) >= 11 is 0. The molecule has 7 nitrogen and oxygen atoms in total. The van der Waals surface area contributed by atoms with Crippen LogP contribution < -0.4 is 10.6 Å². The molecule has 1 aliphatic rings. The van der Waals surface area contributed by atoms with Gasteiger partial charge < -0.3 is 15.7 Å². The third-order valence-electron chi connectivity index (χ3n) is 5.07. The monoisotopic (exact) mass is 365 g/mol. The number of phenolic OH excluding ortho intramolecular Hbond substituents is 1. The van der Waals surface area contributed by atoms with Gasteiger partial charge in [-0.05, 0) is 69.1 Å². The molecular weight excluding hydrogens is 342 g/mol. The Morgan fingerprint density at radius 3 is 2.89 bits per heavy atom. The largest absolute Gasteiger partial charge is 0.508 e. The van der Waals surface area contributed by atoms with Crippen molar-refractivity contribution in [3.8, 4) is 17.0 Å². The molecule has 0 bridgehead atoms.